The van der Waals surface area contributed by atoms with Crippen molar-refractivity contribution in [2.45, 2.75) is 26.7 Å². The average molecular weight is 320 g/mol. The van der Waals surface area contributed by atoms with Crippen LogP contribution >= 0.6 is 0 Å². The van der Waals surface area contributed by atoms with Crippen LogP contribution in [-0.2, 0) is 0 Å². The zero-order valence-corrected chi connectivity index (χ0v) is 14.4. The molecule has 0 aromatic carbocycles. The fraction of sp³-hybridized carbons (Fsp3) is 0.722. The highest BCUT2D eigenvalue weighted by molar-refractivity contribution is 5.78. The van der Waals surface area contributed by atoms with Crippen molar-refractivity contribution < 1.29 is 0 Å². The first-order valence-electron chi connectivity index (χ1n) is 8.11. The monoisotopic (exact) mass is 320 g/mol. The van der Waals surface area contributed by atoms with Crippen LogP contribution in [0.3, 0.4) is 0 Å². The summed E-state index contributed by atoms with van der Waals surface area (Å²) in [5, 5.41) is 45.5. The molecule has 0 spiro atoms. The summed E-state index contributed by atoms with van der Waals surface area (Å²) >= 11 is 0. The van der Waals surface area contributed by atoms with Crippen molar-refractivity contribution in [3.8, 4) is 24.3 Å². The molecular formula is C18H20N6. The van der Waals surface area contributed by atoms with Crippen molar-refractivity contribution in [2.75, 3.05) is 14.1 Å². The van der Waals surface area contributed by atoms with Gasteiger partial charge in [0.25, 0.3) is 0 Å². The molecule has 4 unspecified atom stereocenters. The Balaban J connectivity index is 2.29. The highest BCUT2D eigenvalue weighted by Crippen LogP contribution is 2.84. The SMILES string of the molecule is CN(C)/N=C/C12C3CC(CC1C(C#N)(C#N)C2(C#N)C#N)C3(C)C. The van der Waals surface area contributed by atoms with E-state index in [4.69, 9.17) is 0 Å². The first-order chi connectivity index (χ1) is 11.2. The molecule has 0 heterocycles. The second kappa shape index (κ2) is 4.49. The molecule has 6 nitrogen and oxygen atoms in total. The van der Waals surface area contributed by atoms with Gasteiger partial charge in [-0.15, -0.1) is 0 Å². The Morgan fingerprint density at radius 3 is 1.92 bits per heavy atom. The van der Waals surface area contributed by atoms with Gasteiger partial charge in [0.05, 0.1) is 29.7 Å². The van der Waals surface area contributed by atoms with E-state index in [1.54, 1.807) is 25.3 Å². The van der Waals surface area contributed by atoms with Gasteiger partial charge in [0.1, 0.15) is 0 Å². The Hall–Kier alpha value is -2.57. The van der Waals surface area contributed by atoms with Crippen molar-refractivity contribution in [1.29, 1.82) is 21.0 Å². The lowest BCUT2D eigenvalue weighted by molar-refractivity contribution is -0.275. The van der Waals surface area contributed by atoms with E-state index in [2.05, 4.69) is 43.2 Å². The standard InChI is InChI=1S/C18H20N6/c1-15(2)12-5-13(15)18(11-23-24(3)4)14(6-12)16(7-19,8-20)17(18,9-21)10-22/h11-14H,5-6H2,1-4H3/b23-11+. The van der Waals surface area contributed by atoms with Gasteiger partial charge in [0, 0.05) is 26.2 Å². The topological polar surface area (TPSA) is 111 Å². The summed E-state index contributed by atoms with van der Waals surface area (Å²) in [5.41, 5.74) is -4.13. The smallest absolute Gasteiger partial charge is 0.186 e. The lowest BCUT2D eigenvalue weighted by Crippen LogP contribution is -2.81. The van der Waals surface area contributed by atoms with Gasteiger partial charge in [0.2, 0.25) is 0 Å². The summed E-state index contributed by atoms with van der Waals surface area (Å²) in [4.78, 5) is 0. The zero-order chi connectivity index (χ0) is 18.0. The van der Waals surface area contributed by atoms with Gasteiger partial charge >= 0.3 is 0 Å². The first kappa shape index (κ1) is 16.3. The van der Waals surface area contributed by atoms with E-state index in [9.17, 15) is 21.0 Å². The van der Waals surface area contributed by atoms with Crippen LogP contribution in [0.1, 0.15) is 26.7 Å². The number of nitrogens with zero attached hydrogens (tertiary/aromatic N) is 6. The summed E-state index contributed by atoms with van der Waals surface area (Å²) < 4.78 is 0. The van der Waals surface area contributed by atoms with E-state index in [1.807, 2.05) is 0 Å². The third-order valence-electron chi connectivity index (χ3n) is 7.10. The van der Waals surface area contributed by atoms with E-state index in [-0.39, 0.29) is 17.3 Å². The van der Waals surface area contributed by atoms with Gasteiger partial charge in [-0.2, -0.15) is 26.1 Å². The normalized spacial score (nSPS) is 38.9. The van der Waals surface area contributed by atoms with Crippen LogP contribution in [0.25, 0.3) is 0 Å². The maximum Gasteiger partial charge on any atom is 0.186 e. The summed E-state index contributed by atoms with van der Waals surface area (Å²) in [5.74, 6) is 0.177. The molecule has 0 aromatic heterocycles. The maximum atomic E-state index is 9.96. The number of hydrogen-bond acceptors (Lipinski definition) is 6. The van der Waals surface area contributed by atoms with Gasteiger partial charge in [-0.3, -0.25) is 0 Å². The van der Waals surface area contributed by atoms with Crippen LogP contribution in [0.5, 0.6) is 0 Å². The second-order valence-corrected chi connectivity index (χ2v) is 8.12. The van der Waals surface area contributed by atoms with Gasteiger partial charge in [-0.25, -0.2) is 0 Å². The molecule has 0 N–H and O–H groups in total. The van der Waals surface area contributed by atoms with Crippen LogP contribution in [0.15, 0.2) is 5.10 Å². The Labute approximate surface area is 142 Å². The highest BCUT2D eigenvalue weighted by atomic mass is 15.4. The Morgan fingerprint density at radius 2 is 1.50 bits per heavy atom. The van der Waals surface area contributed by atoms with Gasteiger partial charge in [-0.1, -0.05) is 13.8 Å². The lowest BCUT2D eigenvalue weighted by atomic mass is 9.20. The van der Waals surface area contributed by atoms with E-state index >= 15 is 0 Å². The minimum absolute atomic E-state index is 0.0230. The largest absolute Gasteiger partial charge is 0.303 e. The van der Waals surface area contributed by atoms with Gasteiger partial charge < -0.3 is 5.01 Å². The second-order valence-electron chi connectivity index (χ2n) is 8.12. The van der Waals surface area contributed by atoms with Gasteiger partial charge in [0.15, 0.2) is 10.8 Å². The number of hydrogen-bond donors (Lipinski definition) is 0. The quantitative estimate of drug-likeness (QED) is 0.572. The molecule has 0 aromatic rings. The van der Waals surface area contributed by atoms with Crippen LogP contribution in [0.2, 0.25) is 0 Å². The molecule has 4 atom stereocenters. The molecular weight excluding hydrogens is 300 g/mol. The summed E-state index contributed by atoms with van der Waals surface area (Å²) in [7, 11) is 3.56. The third-order valence-corrected chi connectivity index (χ3v) is 7.10. The van der Waals surface area contributed by atoms with E-state index in [1.165, 1.54) is 0 Å². The van der Waals surface area contributed by atoms with Crippen LogP contribution < -0.4 is 0 Å². The number of rotatable bonds is 2. The van der Waals surface area contributed by atoms with Crippen molar-refractivity contribution >= 4 is 6.21 Å². The van der Waals surface area contributed by atoms with Crippen molar-refractivity contribution in [3.63, 3.8) is 0 Å². The Bertz CT molecular complexity index is 752. The number of hydrazone groups is 1. The molecule has 4 aliphatic carbocycles. The fourth-order valence-corrected chi connectivity index (χ4v) is 5.76. The molecule has 122 valence electrons. The molecule has 6 heteroatoms. The molecule has 4 saturated carbocycles. The van der Waals surface area contributed by atoms with Crippen LogP contribution in [0, 0.1) is 84.7 Å². The van der Waals surface area contributed by atoms with Crippen LogP contribution in [-0.4, -0.2) is 25.3 Å². The minimum atomic E-state index is -1.68. The zero-order valence-electron chi connectivity index (χ0n) is 14.4. The van der Waals surface area contributed by atoms with Crippen molar-refractivity contribution in [2.24, 2.45) is 44.5 Å². The van der Waals surface area contributed by atoms with Crippen molar-refractivity contribution in [1.82, 2.24) is 5.01 Å². The molecule has 0 aliphatic heterocycles. The van der Waals surface area contributed by atoms with Crippen molar-refractivity contribution in [3.05, 3.63) is 0 Å². The fourth-order valence-electron chi connectivity index (χ4n) is 5.76. The Kier molecular flexibility index (Phi) is 3.05. The average Bonchev–Trinajstić information content (AvgIpc) is 2.55. The molecule has 2 bridgehead atoms. The molecule has 24 heavy (non-hydrogen) atoms. The van der Waals surface area contributed by atoms with E-state index in [0.29, 0.717) is 12.3 Å². The number of nitriles is 4. The van der Waals surface area contributed by atoms with Gasteiger partial charge in [-0.05, 0) is 30.1 Å². The predicted molar refractivity (Wildman–Crippen MR) is 85.4 cm³/mol. The molecule has 0 saturated heterocycles. The Morgan fingerprint density at radius 1 is 0.958 bits per heavy atom. The highest BCUT2D eigenvalue weighted by Gasteiger charge is 2.89. The van der Waals surface area contributed by atoms with E-state index in [0.717, 1.165) is 6.42 Å². The summed E-state index contributed by atoms with van der Waals surface area (Å²) in [6.07, 6.45) is 3.31. The summed E-state index contributed by atoms with van der Waals surface area (Å²) in [6, 6.07) is 8.31. The molecule has 4 aliphatic rings. The molecule has 4 fully saturated rings. The molecule has 0 amide bonds. The molecule has 4 rings (SSSR count). The predicted octanol–water partition coefficient (Wildman–Crippen LogP) is 2.28. The minimum Gasteiger partial charge on any atom is -0.303 e. The van der Waals surface area contributed by atoms with Crippen LogP contribution in [0.4, 0.5) is 0 Å². The maximum absolute atomic E-state index is 9.96. The third kappa shape index (κ3) is 1.29. The molecule has 0 radical (unpaired) electrons. The van der Waals surface area contributed by atoms with E-state index < -0.39 is 16.2 Å². The lowest BCUT2D eigenvalue weighted by Gasteiger charge is -2.77. The first-order valence-corrected chi connectivity index (χ1v) is 8.11. The summed E-state index contributed by atoms with van der Waals surface area (Å²) in [6.45, 7) is 4.32.